The molecule has 0 fully saturated rings. The van der Waals surface area contributed by atoms with Gasteiger partial charge in [0.05, 0.1) is 34.2 Å². The minimum atomic E-state index is 0.146. The average Bonchev–Trinajstić information content (AvgIpc) is 3.58. The lowest BCUT2D eigenvalue weighted by molar-refractivity contribution is 0.430. The third-order valence-electron chi connectivity index (χ3n) is 9.28. The molecule has 1 N–H and O–H groups in total. The van der Waals surface area contributed by atoms with Crippen molar-refractivity contribution in [3.05, 3.63) is 125 Å². The van der Waals surface area contributed by atoms with Crippen molar-refractivity contribution in [2.45, 2.75) is 19.4 Å². The fourth-order valence-corrected chi connectivity index (χ4v) is 8.73. The SMILES string of the molecule is CCC1C(=C2C=CC=NC2)Nc2c(sc3ccccc23)C1n1c2cc3ccccc3cc2c2c3ccccc3ccc21. The molecule has 4 heterocycles. The number of fused-ring (bicyclic) bond motifs is 9. The van der Waals surface area contributed by atoms with Gasteiger partial charge >= 0.3 is 0 Å². The zero-order valence-electron chi connectivity index (χ0n) is 23.3. The molecule has 2 unspecified atom stereocenters. The summed E-state index contributed by atoms with van der Waals surface area (Å²) in [5.74, 6) is 0.273. The normalized spacial score (nSPS) is 20.2. The molecule has 2 aliphatic rings. The quantitative estimate of drug-likeness (QED) is 0.224. The van der Waals surface area contributed by atoms with Crippen LogP contribution in [0, 0.1) is 5.92 Å². The predicted molar refractivity (Wildman–Crippen MR) is 181 cm³/mol. The molecule has 0 spiro atoms. The Labute approximate surface area is 248 Å². The molecule has 0 bridgehead atoms. The number of aromatic nitrogens is 1. The van der Waals surface area contributed by atoms with Gasteiger partial charge in [0, 0.05) is 38.7 Å². The molecule has 42 heavy (non-hydrogen) atoms. The van der Waals surface area contributed by atoms with Gasteiger partial charge in [0.1, 0.15) is 0 Å². The Kier molecular flexibility index (Phi) is 5.23. The maximum absolute atomic E-state index is 4.65. The number of thiophene rings is 1. The number of benzene rings is 5. The van der Waals surface area contributed by atoms with Gasteiger partial charge in [-0.05, 0) is 63.9 Å². The second kappa shape index (κ2) is 9.17. The van der Waals surface area contributed by atoms with Crippen molar-refractivity contribution in [3.8, 4) is 0 Å². The van der Waals surface area contributed by atoms with E-state index in [2.05, 4.69) is 131 Å². The van der Waals surface area contributed by atoms with Gasteiger partial charge in [0.2, 0.25) is 0 Å². The Morgan fingerprint density at radius 2 is 1.57 bits per heavy atom. The van der Waals surface area contributed by atoms with Gasteiger partial charge in [0.25, 0.3) is 0 Å². The molecule has 0 aliphatic carbocycles. The number of aliphatic imine (C=N–C) groups is 1. The number of rotatable bonds is 2. The zero-order chi connectivity index (χ0) is 27.8. The molecule has 2 atom stereocenters. The molecule has 5 aromatic carbocycles. The van der Waals surface area contributed by atoms with Crippen LogP contribution >= 0.6 is 11.3 Å². The molecule has 3 nitrogen and oxygen atoms in total. The van der Waals surface area contributed by atoms with Crippen LogP contribution in [0.4, 0.5) is 5.69 Å². The van der Waals surface area contributed by atoms with Gasteiger partial charge in [-0.2, -0.15) is 0 Å². The van der Waals surface area contributed by atoms with Crippen LogP contribution in [-0.2, 0) is 0 Å². The van der Waals surface area contributed by atoms with Crippen LogP contribution in [0.5, 0.6) is 0 Å². The summed E-state index contributed by atoms with van der Waals surface area (Å²) in [6.45, 7) is 3.05. The summed E-state index contributed by atoms with van der Waals surface area (Å²) < 4.78 is 4.01. The molecule has 0 radical (unpaired) electrons. The fourth-order valence-electron chi connectivity index (χ4n) is 7.41. The largest absolute Gasteiger partial charge is 0.357 e. The van der Waals surface area contributed by atoms with Crippen molar-refractivity contribution in [2.24, 2.45) is 10.9 Å². The number of nitrogens with one attached hydrogen (secondary N) is 1. The number of nitrogens with zero attached hydrogens (tertiary/aromatic N) is 2. The lowest BCUT2D eigenvalue weighted by Gasteiger charge is -2.37. The maximum atomic E-state index is 4.65. The summed E-state index contributed by atoms with van der Waals surface area (Å²) in [7, 11) is 0. The van der Waals surface area contributed by atoms with Gasteiger partial charge in [0.15, 0.2) is 0 Å². The highest BCUT2D eigenvalue weighted by molar-refractivity contribution is 7.20. The lowest BCUT2D eigenvalue weighted by Crippen LogP contribution is -2.30. The number of hydrogen-bond donors (Lipinski definition) is 1. The summed E-state index contributed by atoms with van der Waals surface area (Å²) in [5.41, 5.74) is 6.45. The Balaban J connectivity index is 1.45. The topological polar surface area (TPSA) is 29.3 Å². The molecule has 0 saturated carbocycles. The first-order valence-electron chi connectivity index (χ1n) is 14.8. The van der Waals surface area contributed by atoms with Crippen LogP contribution in [0.1, 0.15) is 24.3 Å². The highest BCUT2D eigenvalue weighted by Gasteiger charge is 2.38. The molecule has 2 aliphatic heterocycles. The standard InChI is InChI=1S/C38H29N3S/c1-2-27-35(26-13-9-19-39-22-26)40-36-29-15-7-8-16-33(29)42-38(36)37(27)41-31-18-17-23-10-5-6-14-28(23)34(31)30-20-24-11-3-4-12-25(24)21-32(30)41/h3-21,27,37,40H,2,22H2,1H3. The minimum Gasteiger partial charge on any atom is -0.357 e. The summed E-state index contributed by atoms with van der Waals surface area (Å²) in [6.07, 6.45) is 7.26. The lowest BCUT2D eigenvalue weighted by atomic mass is 9.84. The number of hydrogen-bond acceptors (Lipinski definition) is 3. The smallest absolute Gasteiger partial charge is 0.0788 e. The first kappa shape index (κ1) is 24.0. The molecule has 0 saturated heterocycles. The van der Waals surface area contributed by atoms with Crippen LogP contribution in [0.25, 0.3) is 53.4 Å². The van der Waals surface area contributed by atoms with Crippen LogP contribution in [0.3, 0.4) is 0 Å². The maximum Gasteiger partial charge on any atom is 0.0788 e. The second-order valence-corrected chi connectivity index (χ2v) is 12.6. The molecule has 7 aromatic rings. The van der Waals surface area contributed by atoms with Crippen LogP contribution in [-0.4, -0.2) is 17.3 Å². The highest BCUT2D eigenvalue weighted by atomic mass is 32.1. The van der Waals surface area contributed by atoms with Gasteiger partial charge < -0.3 is 9.88 Å². The summed E-state index contributed by atoms with van der Waals surface area (Å²) >= 11 is 1.94. The zero-order valence-corrected chi connectivity index (χ0v) is 24.2. The molecule has 4 heteroatoms. The predicted octanol–water partition coefficient (Wildman–Crippen LogP) is 10.3. The van der Waals surface area contributed by atoms with Crippen molar-refractivity contribution in [3.63, 3.8) is 0 Å². The fraction of sp³-hybridized carbons (Fsp3) is 0.132. The molecular weight excluding hydrogens is 531 g/mol. The van der Waals surface area contributed by atoms with Gasteiger partial charge in [-0.3, -0.25) is 4.99 Å². The van der Waals surface area contributed by atoms with E-state index in [4.69, 9.17) is 0 Å². The monoisotopic (exact) mass is 559 g/mol. The average molecular weight is 560 g/mol. The molecule has 2 aromatic heterocycles. The van der Waals surface area contributed by atoms with Gasteiger partial charge in [-0.15, -0.1) is 11.3 Å². The summed E-state index contributed by atoms with van der Waals surface area (Å²) in [4.78, 5) is 6.06. The van der Waals surface area contributed by atoms with E-state index in [0.29, 0.717) is 6.54 Å². The summed E-state index contributed by atoms with van der Waals surface area (Å²) in [5, 5.41) is 13.1. The van der Waals surface area contributed by atoms with Crippen LogP contribution in [0.15, 0.2) is 125 Å². The van der Waals surface area contributed by atoms with E-state index >= 15 is 0 Å². The molecule has 9 rings (SSSR count). The number of dihydropyridines is 1. The Hall–Kier alpha value is -4.67. The van der Waals surface area contributed by atoms with E-state index in [9.17, 15) is 0 Å². The first-order valence-corrected chi connectivity index (χ1v) is 15.6. The van der Waals surface area contributed by atoms with E-state index < -0.39 is 0 Å². The van der Waals surface area contributed by atoms with Gasteiger partial charge in [-0.1, -0.05) is 85.8 Å². The van der Waals surface area contributed by atoms with E-state index in [1.165, 1.54) is 75.3 Å². The Morgan fingerprint density at radius 1 is 0.810 bits per heavy atom. The minimum absolute atomic E-state index is 0.146. The van der Waals surface area contributed by atoms with Crippen LogP contribution < -0.4 is 5.32 Å². The molecule has 202 valence electrons. The Bertz CT molecular complexity index is 2310. The third kappa shape index (κ3) is 3.36. The second-order valence-electron chi connectivity index (χ2n) is 11.5. The first-order chi connectivity index (χ1) is 20.8. The number of anilines is 1. The van der Waals surface area contributed by atoms with Crippen molar-refractivity contribution < 1.29 is 0 Å². The van der Waals surface area contributed by atoms with Crippen molar-refractivity contribution in [2.75, 3.05) is 11.9 Å². The van der Waals surface area contributed by atoms with Crippen molar-refractivity contribution in [1.82, 2.24) is 4.57 Å². The molecule has 0 amide bonds. The number of allylic oxidation sites excluding steroid dienone is 2. The van der Waals surface area contributed by atoms with Crippen molar-refractivity contribution in [1.29, 1.82) is 0 Å². The van der Waals surface area contributed by atoms with E-state index in [0.717, 1.165) is 6.42 Å². The van der Waals surface area contributed by atoms with Crippen LogP contribution in [0.2, 0.25) is 0 Å². The van der Waals surface area contributed by atoms with E-state index in [1.807, 2.05) is 17.6 Å². The van der Waals surface area contributed by atoms with Crippen molar-refractivity contribution >= 4 is 76.7 Å². The highest BCUT2D eigenvalue weighted by Crippen LogP contribution is 2.53. The summed E-state index contributed by atoms with van der Waals surface area (Å²) in [6, 6.07) is 36.1. The van der Waals surface area contributed by atoms with Gasteiger partial charge in [-0.25, -0.2) is 0 Å². The third-order valence-corrected chi connectivity index (χ3v) is 10.5. The molecular formula is C38H29N3S. The Morgan fingerprint density at radius 3 is 2.38 bits per heavy atom. The van der Waals surface area contributed by atoms with E-state index in [-0.39, 0.29) is 12.0 Å². The van der Waals surface area contributed by atoms with E-state index in [1.54, 1.807) is 0 Å².